The van der Waals surface area contributed by atoms with Crippen molar-refractivity contribution in [2.24, 2.45) is 0 Å². The van der Waals surface area contributed by atoms with Crippen LogP contribution in [0.5, 0.6) is 0 Å². The molecule has 2 aromatic rings. The summed E-state index contributed by atoms with van der Waals surface area (Å²) < 4.78 is 0.554. The van der Waals surface area contributed by atoms with E-state index in [4.69, 9.17) is 5.11 Å². The number of nitrogens with zero attached hydrogens (tertiary/aromatic N) is 2. The number of carbonyl (C=O) groups is 1. The summed E-state index contributed by atoms with van der Waals surface area (Å²) >= 11 is 4.51. The Morgan fingerprint density at radius 3 is 2.81 bits per heavy atom. The van der Waals surface area contributed by atoms with Gasteiger partial charge in [-0.3, -0.25) is 10.1 Å². The maximum Gasteiger partial charge on any atom is 0.355 e. The number of halogens is 1. The highest BCUT2D eigenvalue weighted by atomic mass is 79.9. The molecule has 1 aromatic heterocycles. The van der Waals surface area contributed by atoms with Gasteiger partial charge in [0.05, 0.1) is 11.0 Å². The van der Waals surface area contributed by atoms with Crippen LogP contribution in [0, 0.1) is 10.1 Å². The molecule has 1 aromatic carbocycles. The summed E-state index contributed by atoms with van der Waals surface area (Å²) in [4.78, 5) is 25.0. The zero-order valence-electron chi connectivity index (χ0n) is 10.7. The Hall–Kier alpha value is -2.00. The van der Waals surface area contributed by atoms with Crippen LogP contribution in [-0.2, 0) is 0 Å². The first kappa shape index (κ1) is 15.4. The highest BCUT2D eigenvalue weighted by molar-refractivity contribution is 9.10. The van der Waals surface area contributed by atoms with Crippen LogP contribution in [0.25, 0.3) is 0 Å². The van der Waals surface area contributed by atoms with E-state index in [9.17, 15) is 14.9 Å². The van der Waals surface area contributed by atoms with Gasteiger partial charge in [-0.1, -0.05) is 0 Å². The van der Waals surface area contributed by atoms with Crippen molar-refractivity contribution in [1.29, 1.82) is 0 Å². The molecule has 0 aliphatic heterocycles. The van der Waals surface area contributed by atoms with E-state index in [1.165, 1.54) is 28.8 Å². The van der Waals surface area contributed by atoms with Gasteiger partial charge in [-0.15, -0.1) is 11.3 Å². The maximum atomic E-state index is 10.8. The molecule has 7 nitrogen and oxygen atoms in total. The van der Waals surface area contributed by atoms with Crippen molar-refractivity contribution in [3.05, 3.63) is 48.9 Å². The molecule has 0 aliphatic carbocycles. The van der Waals surface area contributed by atoms with Gasteiger partial charge in [0.15, 0.2) is 5.69 Å². The van der Waals surface area contributed by atoms with Gasteiger partial charge in [0.1, 0.15) is 5.01 Å². The fourth-order valence-corrected chi connectivity index (χ4v) is 2.90. The predicted molar refractivity (Wildman–Crippen MR) is 81.9 cm³/mol. The molecule has 1 atom stereocenters. The highest BCUT2D eigenvalue weighted by Gasteiger charge is 2.16. The van der Waals surface area contributed by atoms with E-state index >= 15 is 0 Å². The van der Waals surface area contributed by atoms with Crippen molar-refractivity contribution in [3.8, 4) is 0 Å². The Morgan fingerprint density at radius 1 is 1.57 bits per heavy atom. The first-order valence-electron chi connectivity index (χ1n) is 5.77. The van der Waals surface area contributed by atoms with E-state index in [1.807, 2.05) is 6.92 Å². The molecule has 0 saturated carbocycles. The molecule has 0 amide bonds. The fraction of sp³-hybridized carbons (Fsp3) is 0.167. The third-order valence-corrected chi connectivity index (χ3v) is 4.33. The lowest BCUT2D eigenvalue weighted by molar-refractivity contribution is -0.384. The van der Waals surface area contributed by atoms with Crippen LogP contribution in [0.2, 0.25) is 0 Å². The largest absolute Gasteiger partial charge is 0.476 e. The molecule has 2 N–H and O–H groups in total. The minimum atomic E-state index is -1.07. The number of nitrogens with one attached hydrogen (secondary N) is 1. The van der Waals surface area contributed by atoms with E-state index in [-0.39, 0.29) is 17.4 Å². The van der Waals surface area contributed by atoms with Gasteiger partial charge in [0.2, 0.25) is 0 Å². The number of thiazole rings is 1. The number of nitro groups is 1. The van der Waals surface area contributed by atoms with Gasteiger partial charge in [-0.05, 0) is 28.9 Å². The molecule has 9 heteroatoms. The van der Waals surface area contributed by atoms with Crippen molar-refractivity contribution in [2.75, 3.05) is 5.32 Å². The summed E-state index contributed by atoms with van der Waals surface area (Å²) in [5.74, 6) is -1.07. The van der Waals surface area contributed by atoms with Crippen molar-refractivity contribution in [3.63, 3.8) is 0 Å². The van der Waals surface area contributed by atoms with Crippen LogP contribution < -0.4 is 5.32 Å². The van der Waals surface area contributed by atoms with Gasteiger partial charge >= 0.3 is 5.97 Å². The molecular weight excluding hydrogens is 362 g/mol. The summed E-state index contributed by atoms with van der Waals surface area (Å²) in [6.45, 7) is 1.83. The molecule has 0 radical (unpaired) electrons. The number of benzene rings is 1. The third-order valence-electron chi connectivity index (χ3n) is 2.65. The number of carboxylic acids is 1. The highest BCUT2D eigenvalue weighted by Crippen LogP contribution is 2.30. The molecule has 0 aliphatic rings. The van der Waals surface area contributed by atoms with Gasteiger partial charge in [-0.25, -0.2) is 9.78 Å². The smallest absolute Gasteiger partial charge is 0.355 e. The number of anilines is 1. The van der Waals surface area contributed by atoms with Crippen LogP contribution in [0.4, 0.5) is 11.4 Å². The van der Waals surface area contributed by atoms with Gasteiger partial charge in [0, 0.05) is 27.7 Å². The van der Waals surface area contributed by atoms with E-state index in [1.54, 1.807) is 6.07 Å². The predicted octanol–water partition coefficient (Wildman–Crippen LogP) is 3.69. The monoisotopic (exact) mass is 371 g/mol. The van der Waals surface area contributed by atoms with Gasteiger partial charge in [-0.2, -0.15) is 0 Å². The lowest BCUT2D eigenvalue weighted by atomic mass is 10.2. The van der Waals surface area contributed by atoms with Crippen LogP contribution in [-0.4, -0.2) is 21.0 Å². The van der Waals surface area contributed by atoms with Gasteiger partial charge in [0.25, 0.3) is 5.69 Å². The zero-order valence-corrected chi connectivity index (χ0v) is 13.1. The third kappa shape index (κ3) is 3.56. The maximum absolute atomic E-state index is 10.8. The van der Waals surface area contributed by atoms with Crippen LogP contribution in [0.15, 0.2) is 28.1 Å². The normalized spacial score (nSPS) is 11.9. The van der Waals surface area contributed by atoms with Crippen molar-refractivity contribution in [2.45, 2.75) is 13.0 Å². The van der Waals surface area contributed by atoms with E-state index in [0.717, 1.165) is 0 Å². The van der Waals surface area contributed by atoms with E-state index < -0.39 is 10.9 Å². The quantitative estimate of drug-likeness (QED) is 0.613. The summed E-state index contributed by atoms with van der Waals surface area (Å²) in [5.41, 5.74) is 0.661. The Bertz CT molecular complexity index is 704. The second kappa shape index (κ2) is 6.19. The van der Waals surface area contributed by atoms with Crippen molar-refractivity contribution >= 4 is 44.6 Å². The second-order valence-electron chi connectivity index (χ2n) is 4.16. The Kier molecular flexibility index (Phi) is 4.53. The summed E-state index contributed by atoms with van der Waals surface area (Å²) in [6, 6.07) is 4.16. The Morgan fingerprint density at radius 2 is 2.29 bits per heavy atom. The topological polar surface area (TPSA) is 105 Å². The Balaban J connectivity index is 2.17. The average molecular weight is 372 g/mol. The first-order valence-corrected chi connectivity index (χ1v) is 7.45. The molecule has 0 fully saturated rings. The lowest BCUT2D eigenvalue weighted by Crippen LogP contribution is -2.08. The Labute approximate surface area is 131 Å². The molecule has 110 valence electrons. The molecule has 1 unspecified atom stereocenters. The minimum absolute atomic E-state index is 0.00594. The number of hydrogen-bond acceptors (Lipinski definition) is 6. The van der Waals surface area contributed by atoms with Gasteiger partial charge < -0.3 is 10.4 Å². The molecule has 2 rings (SSSR count). The zero-order chi connectivity index (χ0) is 15.6. The average Bonchev–Trinajstić information content (AvgIpc) is 2.90. The van der Waals surface area contributed by atoms with Crippen molar-refractivity contribution < 1.29 is 14.8 Å². The molecular formula is C12H10BrN3O4S. The molecule has 0 spiro atoms. The fourth-order valence-electron chi connectivity index (χ4n) is 1.61. The number of nitro benzene ring substituents is 1. The number of non-ortho nitro benzene ring substituents is 1. The number of hydrogen-bond donors (Lipinski definition) is 2. The summed E-state index contributed by atoms with van der Waals surface area (Å²) in [6.07, 6.45) is 0. The number of aromatic nitrogens is 1. The first-order chi connectivity index (χ1) is 9.88. The minimum Gasteiger partial charge on any atom is -0.476 e. The van der Waals surface area contributed by atoms with Crippen LogP contribution in [0.1, 0.15) is 28.5 Å². The second-order valence-corrected chi connectivity index (χ2v) is 5.91. The van der Waals surface area contributed by atoms with E-state index in [0.29, 0.717) is 15.2 Å². The molecule has 1 heterocycles. The SMILES string of the molecule is CC(Nc1ccc([N+](=O)[O-])cc1Br)c1nc(C(=O)O)cs1. The molecule has 21 heavy (non-hydrogen) atoms. The summed E-state index contributed by atoms with van der Waals surface area (Å²) in [7, 11) is 0. The van der Waals surface area contributed by atoms with Crippen LogP contribution in [0.3, 0.4) is 0 Å². The number of carboxylic acid groups (broad SMARTS) is 1. The van der Waals surface area contributed by atoms with E-state index in [2.05, 4.69) is 26.2 Å². The van der Waals surface area contributed by atoms with Crippen molar-refractivity contribution in [1.82, 2.24) is 4.98 Å². The number of rotatable bonds is 5. The molecule has 0 bridgehead atoms. The number of aromatic carboxylic acids is 1. The van der Waals surface area contributed by atoms with Crippen LogP contribution >= 0.6 is 27.3 Å². The standard InChI is InChI=1S/C12H10BrN3O4S/c1-6(11-15-10(5-21-11)12(17)18)14-9-3-2-7(16(19)20)4-8(9)13/h2-6,14H,1H3,(H,17,18). The lowest BCUT2D eigenvalue weighted by Gasteiger charge is -2.14. The molecule has 0 saturated heterocycles. The summed E-state index contributed by atoms with van der Waals surface area (Å²) in [5, 5.41) is 24.7.